The van der Waals surface area contributed by atoms with E-state index in [9.17, 15) is 5.11 Å². The van der Waals surface area contributed by atoms with Gasteiger partial charge in [0.05, 0.1) is 6.10 Å². The van der Waals surface area contributed by atoms with Gasteiger partial charge in [-0.1, -0.05) is 0 Å². The predicted octanol–water partition coefficient (Wildman–Crippen LogP) is 0.994. The average Bonchev–Trinajstić information content (AvgIpc) is 2.65. The van der Waals surface area contributed by atoms with E-state index in [1.165, 1.54) is 19.3 Å². The van der Waals surface area contributed by atoms with Gasteiger partial charge in [0, 0.05) is 19.2 Å². The summed E-state index contributed by atoms with van der Waals surface area (Å²) in [5.74, 6) is 0.650. The van der Waals surface area contributed by atoms with Crippen LogP contribution in [-0.4, -0.2) is 47.0 Å². The van der Waals surface area contributed by atoms with Gasteiger partial charge >= 0.3 is 0 Å². The fourth-order valence-electron chi connectivity index (χ4n) is 3.16. The lowest BCUT2D eigenvalue weighted by atomic mass is 9.93. The maximum absolute atomic E-state index is 9.87. The van der Waals surface area contributed by atoms with Crippen molar-refractivity contribution in [3.05, 3.63) is 0 Å². The maximum atomic E-state index is 9.87. The highest BCUT2D eigenvalue weighted by atomic mass is 16.3. The van der Waals surface area contributed by atoms with Crippen molar-refractivity contribution in [3.8, 4) is 0 Å². The zero-order valence-electron chi connectivity index (χ0n) is 9.44. The van der Waals surface area contributed by atoms with Crippen molar-refractivity contribution >= 4 is 0 Å². The Kier molecular flexibility index (Phi) is 4.00. The highest BCUT2D eigenvalue weighted by molar-refractivity contribution is 4.87. The molecule has 0 radical (unpaired) electrons. The summed E-state index contributed by atoms with van der Waals surface area (Å²) in [6.07, 6.45) is 6.62. The van der Waals surface area contributed by atoms with E-state index in [1.54, 1.807) is 0 Å². The molecule has 2 fully saturated rings. The Hall–Kier alpha value is -0.120. The first-order valence-electron chi connectivity index (χ1n) is 6.34. The van der Waals surface area contributed by atoms with Gasteiger partial charge in [-0.15, -0.1) is 0 Å². The first-order chi connectivity index (χ1) is 7.31. The molecule has 0 aromatic rings. The third-order valence-corrected chi connectivity index (χ3v) is 4.00. The normalized spacial score (nSPS) is 38.4. The molecule has 1 saturated carbocycles. The van der Waals surface area contributed by atoms with Gasteiger partial charge in [0.15, 0.2) is 0 Å². The van der Waals surface area contributed by atoms with Crippen LogP contribution >= 0.6 is 0 Å². The minimum Gasteiger partial charge on any atom is -0.396 e. The van der Waals surface area contributed by atoms with Gasteiger partial charge in [0.2, 0.25) is 0 Å². The van der Waals surface area contributed by atoms with Gasteiger partial charge in [-0.05, 0) is 51.0 Å². The highest BCUT2D eigenvalue weighted by Crippen LogP contribution is 2.29. The zero-order chi connectivity index (χ0) is 10.7. The number of hydrogen-bond acceptors (Lipinski definition) is 3. The molecule has 1 aliphatic heterocycles. The monoisotopic (exact) mass is 213 g/mol. The van der Waals surface area contributed by atoms with Crippen molar-refractivity contribution in [2.75, 3.05) is 19.7 Å². The van der Waals surface area contributed by atoms with Crippen molar-refractivity contribution in [1.82, 2.24) is 4.90 Å². The van der Waals surface area contributed by atoms with E-state index in [0.29, 0.717) is 18.6 Å². The molecule has 2 N–H and O–H groups in total. The summed E-state index contributed by atoms with van der Waals surface area (Å²) in [4.78, 5) is 2.46. The van der Waals surface area contributed by atoms with Gasteiger partial charge in [-0.2, -0.15) is 0 Å². The molecule has 1 heterocycles. The molecule has 3 atom stereocenters. The minimum atomic E-state index is -0.0992. The van der Waals surface area contributed by atoms with Gasteiger partial charge < -0.3 is 10.2 Å². The predicted molar refractivity (Wildman–Crippen MR) is 59.6 cm³/mol. The van der Waals surface area contributed by atoms with E-state index in [0.717, 1.165) is 32.4 Å². The molecule has 15 heavy (non-hydrogen) atoms. The summed E-state index contributed by atoms with van der Waals surface area (Å²) in [5.41, 5.74) is 0. The van der Waals surface area contributed by atoms with Crippen LogP contribution in [0, 0.1) is 5.92 Å². The molecular formula is C12H23NO2. The molecule has 0 aromatic carbocycles. The van der Waals surface area contributed by atoms with Crippen molar-refractivity contribution in [3.63, 3.8) is 0 Å². The second-order valence-corrected chi connectivity index (χ2v) is 5.08. The van der Waals surface area contributed by atoms with Crippen LogP contribution in [0.3, 0.4) is 0 Å². The summed E-state index contributed by atoms with van der Waals surface area (Å²) in [7, 11) is 0. The molecule has 3 unspecified atom stereocenters. The molecule has 2 aliphatic rings. The van der Waals surface area contributed by atoms with Crippen LogP contribution in [-0.2, 0) is 0 Å². The summed E-state index contributed by atoms with van der Waals surface area (Å²) in [6, 6.07) is 0.409. The second-order valence-electron chi connectivity index (χ2n) is 5.08. The largest absolute Gasteiger partial charge is 0.396 e. The van der Waals surface area contributed by atoms with Gasteiger partial charge in [0.1, 0.15) is 0 Å². The van der Waals surface area contributed by atoms with Gasteiger partial charge in [-0.3, -0.25) is 4.90 Å². The molecule has 0 aromatic heterocycles. The van der Waals surface area contributed by atoms with Crippen LogP contribution in [0.1, 0.15) is 38.5 Å². The van der Waals surface area contributed by atoms with E-state index in [4.69, 9.17) is 5.11 Å². The first kappa shape index (κ1) is 11.4. The Morgan fingerprint density at radius 1 is 1.13 bits per heavy atom. The van der Waals surface area contributed by atoms with Crippen molar-refractivity contribution in [2.45, 2.75) is 50.7 Å². The molecular weight excluding hydrogens is 190 g/mol. The first-order valence-corrected chi connectivity index (χ1v) is 6.34. The second kappa shape index (κ2) is 5.28. The number of aliphatic hydroxyl groups is 2. The van der Waals surface area contributed by atoms with Crippen LogP contribution in [0.25, 0.3) is 0 Å². The van der Waals surface area contributed by atoms with Crippen LogP contribution in [0.5, 0.6) is 0 Å². The Balaban J connectivity index is 1.86. The topological polar surface area (TPSA) is 43.7 Å². The molecule has 88 valence electrons. The Labute approximate surface area is 92.1 Å². The third kappa shape index (κ3) is 2.71. The maximum Gasteiger partial charge on any atom is 0.0695 e. The standard InChI is InChI=1S/C12H23NO2/c14-8-6-10-3-2-7-13(9-10)11-4-1-5-12(11)15/h10-12,14-15H,1-9H2. The van der Waals surface area contributed by atoms with Crippen LogP contribution in [0.2, 0.25) is 0 Å². The van der Waals surface area contributed by atoms with E-state index in [2.05, 4.69) is 4.90 Å². The minimum absolute atomic E-state index is 0.0992. The highest BCUT2D eigenvalue weighted by Gasteiger charge is 2.33. The van der Waals surface area contributed by atoms with Crippen molar-refractivity contribution in [1.29, 1.82) is 0 Å². The lowest BCUT2D eigenvalue weighted by molar-refractivity contribution is 0.0389. The van der Waals surface area contributed by atoms with E-state index in [1.807, 2.05) is 0 Å². The summed E-state index contributed by atoms with van der Waals surface area (Å²) >= 11 is 0. The zero-order valence-corrected chi connectivity index (χ0v) is 9.44. The van der Waals surface area contributed by atoms with Crippen molar-refractivity contribution < 1.29 is 10.2 Å². The molecule has 0 amide bonds. The summed E-state index contributed by atoms with van der Waals surface area (Å²) in [6.45, 7) is 2.54. The van der Waals surface area contributed by atoms with E-state index >= 15 is 0 Å². The van der Waals surface area contributed by atoms with Crippen molar-refractivity contribution in [2.24, 2.45) is 5.92 Å². The SMILES string of the molecule is OCCC1CCCN(C2CCCC2O)C1. The lowest BCUT2D eigenvalue weighted by Crippen LogP contribution is -2.46. The molecule has 3 nitrogen and oxygen atoms in total. The van der Waals surface area contributed by atoms with Gasteiger partial charge in [-0.25, -0.2) is 0 Å². The fourth-order valence-corrected chi connectivity index (χ4v) is 3.16. The Morgan fingerprint density at radius 2 is 2.00 bits per heavy atom. The molecule has 2 rings (SSSR count). The molecule has 1 aliphatic carbocycles. The molecule has 1 saturated heterocycles. The smallest absolute Gasteiger partial charge is 0.0695 e. The number of nitrogens with zero attached hydrogens (tertiary/aromatic N) is 1. The van der Waals surface area contributed by atoms with E-state index in [-0.39, 0.29) is 6.10 Å². The number of piperidine rings is 1. The number of hydrogen-bond donors (Lipinski definition) is 2. The lowest BCUT2D eigenvalue weighted by Gasteiger charge is -2.38. The Bertz CT molecular complexity index is 196. The van der Waals surface area contributed by atoms with Crippen LogP contribution in [0.4, 0.5) is 0 Å². The number of likely N-dealkylation sites (tertiary alicyclic amines) is 1. The van der Waals surface area contributed by atoms with Crippen LogP contribution < -0.4 is 0 Å². The number of aliphatic hydroxyl groups excluding tert-OH is 2. The molecule has 0 spiro atoms. The quantitative estimate of drug-likeness (QED) is 0.735. The fraction of sp³-hybridized carbons (Fsp3) is 1.00. The number of rotatable bonds is 3. The third-order valence-electron chi connectivity index (χ3n) is 4.00. The van der Waals surface area contributed by atoms with Crippen LogP contribution in [0.15, 0.2) is 0 Å². The van der Waals surface area contributed by atoms with E-state index < -0.39 is 0 Å². The average molecular weight is 213 g/mol. The molecule has 3 heteroatoms. The molecule has 0 bridgehead atoms. The van der Waals surface area contributed by atoms with Gasteiger partial charge in [0.25, 0.3) is 0 Å². The summed E-state index contributed by atoms with van der Waals surface area (Å²) < 4.78 is 0. The Morgan fingerprint density at radius 3 is 2.67 bits per heavy atom. The summed E-state index contributed by atoms with van der Waals surface area (Å²) in [5, 5.41) is 18.8.